The zero-order chi connectivity index (χ0) is 8.97. The molecule has 1 saturated heterocycles. The average Bonchev–Trinajstić information content (AvgIpc) is 2.09. The van der Waals surface area contributed by atoms with E-state index in [-0.39, 0.29) is 5.97 Å². The van der Waals surface area contributed by atoms with Gasteiger partial charge in [-0.05, 0) is 31.8 Å². The molecule has 0 radical (unpaired) electrons. The number of esters is 1. The highest BCUT2D eigenvalue weighted by molar-refractivity contribution is 5.71. The van der Waals surface area contributed by atoms with E-state index >= 15 is 0 Å². The summed E-state index contributed by atoms with van der Waals surface area (Å²) in [5, 5.41) is 0. The van der Waals surface area contributed by atoms with E-state index in [1.165, 1.54) is 20.0 Å². The molecule has 70 valence electrons. The summed E-state index contributed by atoms with van der Waals surface area (Å²) in [5.74, 6) is 0.698. The molecule has 1 rings (SSSR count). The van der Waals surface area contributed by atoms with Crippen molar-refractivity contribution in [3.8, 4) is 0 Å². The molecule has 0 spiro atoms. The van der Waals surface area contributed by atoms with Crippen LogP contribution in [-0.4, -0.2) is 37.6 Å². The lowest BCUT2D eigenvalue weighted by Crippen LogP contribution is -2.37. The lowest BCUT2D eigenvalue weighted by molar-refractivity contribution is -0.142. The second-order valence-electron chi connectivity index (χ2n) is 3.53. The molecule has 0 aliphatic carbocycles. The van der Waals surface area contributed by atoms with E-state index in [1.54, 1.807) is 0 Å². The van der Waals surface area contributed by atoms with E-state index < -0.39 is 0 Å². The maximum atomic E-state index is 10.9. The van der Waals surface area contributed by atoms with Crippen LogP contribution < -0.4 is 0 Å². The Bertz CT molecular complexity index is 151. The molecule has 1 aliphatic heterocycles. The summed E-state index contributed by atoms with van der Waals surface area (Å²) in [6.07, 6.45) is 2.41. The number of piperidine rings is 1. The van der Waals surface area contributed by atoms with Gasteiger partial charge in [0.1, 0.15) is 0 Å². The zero-order valence-corrected chi connectivity index (χ0v) is 7.88. The molecule has 0 aromatic rings. The second-order valence-corrected chi connectivity index (χ2v) is 3.53. The number of nitrogens with zero attached hydrogens (tertiary/aromatic N) is 1. The minimum atomic E-state index is -0.121. The number of methoxy groups -OCH3 is 1. The smallest absolute Gasteiger partial charge is 0.319 e. The van der Waals surface area contributed by atoms with Gasteiger partial charge in [0.15, 0.2) is 0 Å². The van der Waals surface area contributed by atoms with Gasteiger partial charge in [-0.1, -0.05) is 6.92 Å². The molecule has 0 aromatic carbocycles. The number of carbonyl (C=O) groups excluding carboxylic acids is 1. The van der Waals surface area contributed by atoms with Crippen LogP contribution in [0.3, 0.4) is 0 Å². The number of rotatable bonds is 2. The molecule has 0 bridgehead atoms. The molecule has 1 fully saturated rings. The van der Waals surface area contributed by atoms with Gasteiger partial charge >= 0.3 is 5.97 Å². The Labute approximate surface area is 73.7 Å². The molecule has 3 heteroatoms. The Morgan fingerprint density at radius 1 is 1.50 bits per heavy atom. The molecule has 12 heavy (non-hydrogen) atoms. The molecule has 0 atom stereocenters. The summed E-state index contributed by atoms with van der Waals surface area (Å²) in [5.41, 5.74) is 0. The number of ether oxygens (including phenoxy) is 1. The van der Waals surface area contributed by atoms with Crippen molar-refractivity contribution < 1.29 is 9.53 Å². The Hall–Kier alpha value is -0.570. The quantitative estimate of drug-likeness (QED) is 0.578. The average molecular weight is 171 g/mol. The third-order valence-corrected chi connectivity index (χ3v) is 2.46. The van der Waals surface area contributed by atoms with Crippen LogP contribution in [0.1, 0.15) is 19.8 Å². The van der Waals surface area contributed by atoms with E-state index in [1.807, 2.05) is 0 Å². The molecular formula is C9H17NO2. The summed E-state index contributed by atoms with van der Waals surface area (Å²) in [6, 6.07) is 0. The molecule has 1 aliphatic rings. The van der Waals surface area contributed by atoms with Gasteiger partial charge in [0.25, 0.3) is 0 Å². The Balaban J connectivity index is 2.21. The van der Waals surface area contributed by atoms with Crippen LogP contribution in [0.5, 0.6) is 0 Å². The van der Waals surface area contributed by atoms with Gasteiger partial charge in [0, 0.05) is 0 Å². The van der Waals surface area contributed by atoms with Crippen molar-refractivity contribution in [2.24, 2.45) is 5.92 Å². The van der Waals surface area contributed by atoms with E-state index in [4.69, 9.17) is 0 Å². The summed E-state index contributed by atoms with van der Waals surface area (Å²) >= 11 is 0. The maximum Gasteiger partial charge on any atom is 0.319 e. The van der Waals surface area contributed by atoms with Crippen molar-refractivity contribution in [3.05, 3.63) is 0 Å². The third-order valence-electron chi connectivity index (χ3n) is 2.46. The highest BCUT2D eigenvalue weighted by atomic mass is 16.5. The summed E-state index contributed by atoms with van der Waals surface area (Å²) < 4.78 is 4.60. The Morgan fingerprint density at radius 2 is 2.08 bits per heavy atom. The van der Waals surface area contributed by atoms with Gasteiger partial charge in [-0.15, -0.1) is 0 Å². The number of hydrogen-bond acceptors (Lipinski definition) is 3. The Kier molecular flexibility index (Phi) is 3.53. The zero-order valence-electron chi connectivity index (χ0n) is 7.88. The van der Waals surface area contributed by atoms with E-state index in [0.29, 0.717) is 6.54 Å². The van der Waals surface area contributed by atoms with Crippen molar-refractivity contribution >= 4 is 5.97 Å². The van der Waals surface area contributed by atoms with Crippen molar-refractivity contribution in [3.63, 3.8) is 0 Å². The summed E-state index contributed by atoms with van der Waals surface area (Å²) in [4.78, 5) is 13.1. The molecule has 0 unspecified atom stereocenters. The topological polar surface area (TPSA) is 29.5 Å². The van der Waals surface area contributed by atoms with Crippen LogP contribution >= 0.6 is 0 Å². The molecule has 1 heterocycles. The van der Waals surface area contributed by atoms with Crippen molar-refractivity contribution in [2.45, 2.75) is 19.8 Å². The van der Waals surface area contributed by atoms with Crippen LogP contribution in [-0.2, 0) is 9.53 Å². The lowest BCUT2D eigenvalue weighted by Gasteiger charge is -2.28. The van der Waals surface area contributed by atoms with Gasteiger partial charge in [0.2, 0.25) is 0 Å². The fourth-order valence-corrected chi connectivity index (χ4v) is 1.47. The molecule has 0 amide bonds. The second kappa shape index (κ2) is 4.45. The monoisotopic (exact) mass is 171 g/mol. The first-order valence-corrected chi connectivity index (χ1v) is 4.51. The number of hydrogen-bond donors (Lipinski definition) is 0. The van der Waals surface area contributed by atoms with Crippen LogP contribution in [0, 0.1) is 5.92 Å². The van der Waals surface area contributed by atoms with Crippen molar-refractivity contribution in [1.29, 1.82) is 0 Å². The predicted octanol–water partition coefficient (Wildman–Crippen LogP) is 0.891. The fraction of sp³-hybridized carbons (Fsp3) is 0.889. The van der Waals surface area contributed by atoms with Gasteiger partial charge in [-0.25, -0.2) is 0 Å². The Morgan fingerprint density at radius 3 is 2.58 bits per heavy atom. The normalized spacial score (nSPS) is 20.8. The van der Waals surface area contributed by atoms with Crippen molar-refractivity contribution in [1.82, 2.24) is 4.90 Å². The molecule has 0 saturated carbocycles. The first-order valence-electron chi connectivity index (χ1n) is 4.51. The van der Waals surface area contributed by atoms with Crippen molar-refractivity contribution in [2.75, 3.05) is 26.7 Å². The molecule has 0 aromatic heterocycles. The summed E-state index contributed by atoms with van der Waals surface area (Å²) in [6.45, 7) is 4.80. The van der Waals surface area contributed by atoms with Crippen LogP contribution in [0.2, 0.25) is 0 Å². The van der Waals surface area contributed by atoms with E-state index in [2.05, 4.69) is 16.6 Å². The number of likely N-dealkylation sites (tertiary alicyclic amines) is 1. The van der Waals surface area contributed by atoms with Crippen LogP contribution in [0.15, 0.2) is 0 Å². The number of carbonyl (C=O) groups is 1. The lowest BCUT2D eigenvalue weighted by atomic mass is 9.99. The maximum absolute atomic E-state index is 10.9. The SMILES string of the molecule is COC(=O)CN1CCC(C)CC1. The van der Waals surface area contributed by atoms with Gasteiger partial charge < -0.3 is 4.74 Å². The molecule has 3 nitrogen and oxygen atoms in total. The van der Waals surface area contributed by atoms with E-state index in [0.717, 1.165) is 19.0 Å². The largest absolute Gasteiger partial charge is 0.468 e. The highest BCUT2D eigenvalue weighted by Gasteiger charge is 2.17. The van der Waals surface area contributed by atoms with Gasteiger partial charge in [0.05, 0.1) is 13.7 Å². The standard InChI is InChI=1S/C9H17NO2/c1-8-3-5-10(6-4-8)7-9(11)12-2/h8H,3-7H2,1-2H3. The van der Waals surface area contributed by atoms with Crippen LogP contribution in [0.4, 0.5) is 0 Å². The third kappa shape index (κ3) is 2.81. The predicted molar refractivity (Wildman–Crippen MR) is 46.9 cm³/mol. The first-order chi connectivity index (χ1) is 5.72. The van der Waals surface area contributed by atoms with Gasteiger partial charge in [-0.3, -0.25) is 9.69 Å². The minimum absolute atomic E-state index is 0.121. The van der Waals surface area contributed by atoms with Gasteiger partial charge in [-0.2, -0.15) is 0 Å². The first kappa shape index (κ1) is 9.52. The van der Waals surface area contributed by atoms with Crippen LogP contribution in [0.25, 0.3) is 0 Å². The molecular weight excluding hydrogens is 154 g/mol. The van der Waals surface area contributed by atoms with E-state index in [9.17, 15) is 4.79 Å². The summed E-state index contributed by atoms with van der Waals surface area (Å²) in [7, 11) is 1.44. The fourth-order valence-electron chi connectivity index (χ4n) is 1.47. The highest BCUT2D eigenvalue weighted by Crippen LogP contribution is 2.15. The molecule has 0 N–H and O–H groups in total. The minimum Gasteiger partial charge on any atom is -0.468 e.